The number of nitrogens with zero attached hydrogens (tertiary/aromatic N) is 1. The predicted molar refractivity (Wildman–Crippen MR) is 57.0 cm³/mol. The molecule has 0 radical (unpaired) electrons. The zero-order valence-electron chi connectivity index (χ0n) is 9.41. The quantitative estimate of drug-likeness (QED) is 0.714. The molecule has 1 heterocycles. The van der Waals surface area contributed by atoms with Gasteiger partial charge in [-0.15, -0.1) is 5.06 Å². The van der Waals surface area contributed by atoms with Gasteiger partial charge in [0.25, 0.3) is 5.91 Å². The van der Waals surface area contributed by atoms with Crippen LogP contribution in [0.25, 0.3) is 0 Å². The van der Waals surface area contributed by atoms with Gasteiger partial charge >= 0.3 is 5.97 Å². The van der Waals surface area contributed by atoms with Gasteiger partial charge in [0.2, 0.25) is 0 Å². The third-order valence-corrected chi connectivity index (χ3v) is 3.90. The van der Waals surface area contributed by atoms with Gasteiger partial charge in [0.05, 0.1) is 5.92 Å². The highest BCUT2D eigenvalue weighted by molar-refractivity contribution is 5.81. The number of carbonyl (C=O) groups is 2. The summed E-state index contributed by atoms with van der Waals surface area (Å²) in [6, 6.07) is 0. The first kappa shape index (κ1) is 10.8. The summed E-state index contributed by atoms with van der Waals surface area (Å²) in [6.07, 6.45) is 5.62. The van der Waals surface area contributed by atoms with Gasteiger partial charge in [-0.1, -0.05) is 12.2 Å². The molecule has 5 heteroatoms. The van der Waals surface area contributed by atoms with Gasteiger partial charge in [-0.2, -0.15) is 0 Å². The number of aliphatic hydroxyl groups is 1. The van der Waals surface area contributed by atoms with Crippen LogP contribution < -0.4 is 0 Å². The van der Waals surface area contributed by atoms with E-state index in [0.29, 0.717) is 12.3 Å². The second kappa shape index (κ2) is 3.84. The average Bonchev–Trinajstić information content (AvgIpc) is 2.99. The fourth-order valence-electron chi connectivity index (χ4n) is 2.97. The topological polar surface area (TPSA) is 66.8 Å². The molecule has 0 spiro atoms. The van der Waals surface area contributed by atoms with Crippen LogP contribution in [0.3, 0.4) is 0 Å². The van der Waals surface area contributed by atoms with Crippen molar-refractivity contribution in [1.29, 1.82) is 0 Å². The van der Waals surface area contributed by atoms with Crippen molar-refractivity contribution >= 4 is 11.9 Å². The Morgan fingerprint density at radius 1 is 1.41 bits per heavy atom. The van der Waals surface area contributed by atoms with E-state index in [4.69, 9.17) is 4.84 Å². The SMILES string of the molecule is O=C(ON1C(=O)CCC1O)[C@H]1CC2C=CC1C2. The molecule has 0 aromatic heterocycles. The Morgan fingerprint density at radius 2 is 2.24 bits per heavy atom. The normalized spacial score (nSPS) is 39.1. The minimum absolute atomic E-state index is 0.148. The summed E-state index contributed by atoms with van der Waals surface area (Å²) in [5, 5.41) is 10.3. The highest BCUT2D eigenvalue weighted by atomic mass is 16.7. The van der Waals surface area contributed by atoms with E-state index in [9.17, 15) is 14.7 Å². The van der Waals surface area contributed by atoms with E-state index in [1.54, 1.807) is 0 Å². The number of amides is 1. The summed E-state index contributed by atoms with van der Waals surface area (Å²) in [7, 11) is 0. The average molecular weight is 237 g/mol. The first-order chi connectivity index (χ1) is 8.15. The smallest absolute Gasteiger partial charge is 0.336 e. The van der Waals surface area contributed by atoms with Crippen molar-refractivity contribution in [1.82, 2.24) is 5.06 Å². The van der Waals surface area contributed by atoms with E-state index < -0.39 is 6.23 Å². The van der Waals surface area contributed by atoms with Crippen LogP contribution in [0.15, 0.2) is 12.2 Å². The van der Waals surface area contributed by atoms with Crippen LogP contribution in [0.2, 0.25) is 0 Å². The van der Waals surface area contributed by atoms with E-state index >= 15 is 0 Å². The van der Waals surface area contributed by atoms with Crippen LogP contribution in [-0.2, 0) is 14.4 Å². The van der Waals surface area contributed by atoms with Crippen molar-refractivity contribution in [3.8, 4) is 0 Å². The number of hydrogen-bond acceptors (Lipinski definition) is 4. The highest BCUT2D eigenvalue weighted by Crippen LogP contribution is 2.44. The summed E-state index contributed by atoms with van der Waals surface area (Å²) in [4.78, 5) is 28.3. The number of fused-ring (bicyclic) bond motifs is 2. The molecule has 2 bridgehead atoms. The zero-order chi connectivity index (χ0) is 12.0. The largest absolute Gasteiger partial charge is 0.370 e. The van der Waals surface area contributed by atoms with Crippen LogP contribution in [-0.4, -0.2) is 28.3 Å². The maximum atomic E-state index is 11.9. The summed E-state index contributed by atoms with van der Waals surface area (Å²) in [5.41, 5.74) is 0. The Kier molecular flexibility index (Phi) is 2.43. The Balaban J connectivity index is 1.64. The first-order valence-electron chi connectivity index (χ1n) is 6.05. The molecular weight excluding hydrogens is 222 g/mol. The van der Waals surface area contributed by atoms with Gasteiger partial charge in [-0.25, -0.2) is 4.79 Å². The molecular formula is C12H15NO4. The maximum Gasteiger partial charge on any atom is 0.336 e. The zero-order valence-corrected chi connectivity index (χ0v) is 9.41. The number of rotatable bonds is 2. The van der Waals surface area contributed by atoms with Crippen LogP contribution in [0.1, 0.15) is 25.7 Å². The molecule has 92 valence electrons. The fraction of sp³-hybridized carbons (Fsp3) is 0.667. The highest BCUT2D eigenvalue weighted by Gasteiger charge is 2.43. The van der Waals surface area contributed by atoms with E-state index in [0.717, 1.165) is 17.9 Å². The van der Waals surface area contributed by atoms with Gasteiger partial charge < -0.3 is 9.94 Å². The van der Waals surface area contributed by atoms with Crippen molar-refractivity contribution in [2.45, 2.75) is 31.9 Å². The van der Waals surface area contributed by atoms with Crippen LogP contribution in [0.5, 0.6) is 0 Å². The molecule has 1 amide bonds. The lowest BCUT2D eigenvalue weighted by Crippen LogP contribution is -2.37. The lowest BCUT2D eigenvalue weighted by Gasteiger charge is -2.23. The second-order valence-electron chi connectivity index (χ2n) is 5.04. The third-order valence-electron chi connectivity index (χ3n) is 3.90. The van der Waals surface area contributed by atoms with Crippen LogP contribution in [0.4, 0.5) is 0 Å². The molecule has 3 aliphatic rings. The first-order valence-corrected chi connectivity index (χ1v) is 6.05. The molecule has 2 aliphatic carbocycles. The Bertz CT molecular complexity index is 392. The maximum absolute atomic E-state index is 11.9. The van der Waals surface area contributed by atoms with Gasteiger partial charge in [0.15, 0.2) is 6.23 Å². The van der Waals surface area contributed by atoms with Crippen molar-refractivity contribution in [3.63, 3.8) is 0 Å². The number of aliphatic hydroxyl groups excluding tert-OH is 1. The molecule has 1 N–H and O–H groups in total. The minimum atomic E-state index is -0.972. The Morgan fingerprint density at radius 3 is 2.76 bits per heavy atom. The lowest BCUT2D eigenvalue weighted by atomic mass is 9.94. The molecule has 2 fully saturated rings. The summed E-state index contributed by atoms with van der Waals surface area (Å²) in [6.45, 7) is 0. The van der Waals surface area contributed by atoms with Gasteiger partial charge in [0, 0.05) is 12.8 Å². The van der Waals surface area contributed by atoms with Crippen molar-refractivity contribution in [2.75, 3.05) is 0 Å². The standard InChI is InChI=1S/C12H15NO4/c14-10-3-4-11(15)13(10)17-12(16)9-6-7-1-2-8(9)5-7/h1-2,7-10,14H,3-6H2/t7?,8?,9-,10?/m0/s1. The molecule has 3 unspecified atom stereocenters. The predicted octanol–water partition coefficient (Wildman–Crippen LogP) is 0.598. The molecule has 1 aliphatic heterocycles. The number of hydrogen-bond donors (Lipinski definition) is 1. The number of allylic oxidation sites excluding steroid dienone is 2. The fourth-order valence-corrected chi connectivity index (χ4v) is 2.97. The van der Waals surface area contributed by atoms with Crippen LogP contribution in [0, 0.1) is 17.8 Å². The summed E-state index contributed by atoms with van der Waals surface area (Å²) < 4.78 is 0. The van der Waals surface area contributed by atoms with Gasteiger partial charge in [0.1, 0.15) is 0 Å². The van der Waals surface area contributed by atoms with Crippen LogP contribution >= 0.6 is 0 Å². The molecule has 1 saturated carbocycles. The molecule has 4 atom stereocenters. The van der Waals surface area contributed by atoms with E-state index in [1.807, 2.05) is 0 Å². The Hall–Kier alpha value is -1.36. The molecule has 0 aromatic rings. The Labute approximate surface area is 99.0 Å². The molecule has 17 heavy (non-hydrogen) atoms. The summed E-state index contributed by atoms with van der Waals surface area (Å²) >= 11 is 0. The van der Waals surface area contributed by atoms with Gasteiger partial charge in [-0.3, -0.25) is 4.79 Å². The molecule has 1 saturated heterocycles. The van der Waals surface area contributed by atoms with E-state index in [-0.39, 0.29) is 30.1 Å². The second-order valence-corrected chi connectivity index (χ2v) is 5.04. The number of carbonyl (C=O) groups excluding carboxylic acids is 2. The van der Waals surface area contributed by atoms with E-state index in [1.165, 1.54) is 0 Å². The minimum Gasteiger partial charge on any atom is -0.370 e. The van der Waals surface area contributed by atoms with Crippen molar-refractivity contribution in [3.05, 3.63) is 12.2 Å². The lowest BCUT2D eigenvalue weighted by molar-refractivity contribution is -0.224. The molecule has 0 aromatic carbocycles. The van der Waals surface area contributed by atoms with Crippen molar-refractivity contribution < 1.29 is 19.5 Å². The number of hydroxylamine groups is 2. The summed E-state index contributed by atoms with van der Waals surface area (Å²) in [5.74, 6) is -0.106. The molecule has 5 nitrogen and oxygen atoms in total. The van der Waals surface area contributed by atoms with Crippen molar-refractivity contribution in [2.24, 2.45) is 17.8 Å². The van der Waals surface area contributed by atoms with Gasteiger partial charge in [-0.05, 0) is 24.7 Å². The van der Waals surface area contributed by atoms with E-state index in [2.05, 4.69) is 12.2 Å². The monoisotopic (exact) mass is 237 g/mol. The third kappa shape index (κ3) is 1.74. The molecule has 3 rings (SSSR count).